The number of para-hydroxylation sites is 2. The molecule has 0 saturated carbocycles. The summed E-state index contributed by atoms with van der Waals surface area (Å²) in [4.78, 5) is 2.59. The van der Waals surface area contributed by atoms with Gasteiger partial charge >= 0.3 is 0 Å². The summed E-state index contributed by atoms with van der Waals surface area (Å²) < 4.78 is 6.85. The predicted octanol–water partition coefficient (Wildman–Crippen LogP) is 18.8. The Morgan fingerprint density at radius 3 is 1.35 bits per heavy atom. The molecular weight excluding hydrogens is 963 g/mol. The highest BCUT2D eigenvalue weighted by molar-refractivity contribution is 7.99. The predicted molar refractivity (Wildman–Crippen MR) is 318 cm³/mol. The average molecular weight is 1010 g/mol. The van der Waals surface area contributed by atoms with E-state index in [1.807, 2.05) is 11.8 Å². The fraction of sp³-hybridized carbons (Fsp3) is 0.0400. The maximum absolute atomic E-state index is 6.85. The van der Waals surface area contributed by atoms with Crippen molar-refractivity contribution in [2.24, 2.45) is 0 Å². The topological polar surface area (TPSA) is 21.3 Å². The molecule has 2 aliphatic heterocycles. The van der Waals surface area contributed by atoms with Gasteiger partial charge in [0.25, 0.3) is 0 Å². The van der Waals surface area contributed by atoms with Gasteiger partial charge in [0.2, 0.25) is 0 Å². The van der Waals surface area contributed by atoms with Crippen LogP contribution in [0.1, 0.15) is 66.8 Å². The molecule has 17 rings (SSSR count). The van der Waals surface area contributed by atoms with Crippen molar-refractivity contribution in [1.82, 2.24) is 0 Å². The Balaban J connectivity index is 0.963. The second-order valence-electron chi connectivity index (χ2n) is 21.4. The van der Waals surface area contributed by atoms with Gasteiger partial charge < -0.3 is 10.1 Å². The second kappa shape index (κ2) is 16.3. The summed E-state index contributed by atoms with van der Waals surface area (Å²) in [5.41, 5.74) is 25.2. The summed E-state index contributed by atoms with van der Waals surface area (Å²) in [5.74, 6) is 1.76. The van der Waals surface area contributed by atoms with Crippen molar-refractivity contribution in [3.8, 4) is 56.0 Å². The quantitative estimate of drug-likeness (QED) is 0.186. The largest absolute Gasteiger partial charge is 0.457 e. The van der Waals surface area contributed by atoms with Gasteiger partial charge in [0.15, 0.2) is 0 Å². The van der Waals surface area contributed by atoms with E-state index >= 15 is 0 Å². The summed E-state index contributed by atoms with van der Waals surface area (Å²) >= 11 is 1.88. The molecule has 3 heteroatoms. The van der Waals surface area contributed by atoms with E-state index in [0.717, 1.165) is 45.1 Å². The van der Waals surface area contributed by atoms with Crippen molar-refractivity contribution in [2.75, 3.05) is 5.32 Å². The summed E-state index contributed by atoms with van der Waals surface area (Å²) in [6.07, 6.45) is 0. The maximum atomic E-state index is 6.85. The van der Waals surface area contributed by atoms with E-state index < -0.39 is 16.2 Å². The van der Waals surface area contributed by atoms with Crippen molar-refractivity contribution in [2.45, 2.75) is 26.0 Å². The van der Waals surface area contributed by atoms with E-state index in [1.165, 1.54) is 98.8 Å². The van der Waals surface area contributed by atoms with Crippen molar-refractivity contribution in [1.29, 1.82) is 0 Å². The summed E-state index contributed by atoms with van der Waals surface area (Å²) in [7, 11) is 0. The molecule has 0 atom stereocenters. The lowest BCUT2D eigenvalue weighted by molar-refractivity contribution is 0.436. The van der Waals surface area contributed by atoms with E-state index in [1.54, 1.807) is 0 Å². The highest BCUT2D eigenvalue weighted by Gasteiger charge is 2.53. The fourth-order valence-corrected chi connectivity index (χ4v) is 16.2. The normalized spacial score (nSPS) is 15.0. The zero-order chi connectivity index (χ0) is 51.2. The van der Waals surface area contributed by atoms with Gasteiger partial charge in [-0.3, -0.25) is 0 Å². The Morgan fingerprint density at radius 2 is 0.718 bits per heavy atom. The van der Waals surface area contributed by atoms with Crippen molar-refractivity contribution < 1.29 is 4.74 Å². The lowest BCUT2D eigenvalue weighted by atomic mass is 9.65. The van der Waals surface area contributed by atoms with Gasteiger partial charge in [-0.15, -0.1) is 0 Å². The van der Waals surface area contributed by atoms with Crippen LogP contribution in [0.15, 0.2) is 289 Å². The highest BCUT2D eigenvalue weighted by atomic mass is 32.2. The van der Waals surface area contributed by atoms with Crippen molar-refractivity contribution >= 4 is 23.1 Å². The Bertz CT molecular complexity index is 4370. The first kappa shape index (κ1) is 43.8. The molecule has 2 spiro atoms. The number of anilines is 2. The van der Waals surface area contributed by atoms with Gasteiger partial charge in [-0.2, -0.15) is 0 Å². The number of hydrogen-bond acceptors (Lipinski definition) is 3. The molecule has 0 saturated heterocycles. The third-order valence-electron chi connectivity index (χ3n) is 17.9. The summed E-state index contributed by atoms with van der Waals surface area (Å²) in [5, 5.41) is 4.31. The number of benzene rings is 12. The van der Waals surface area contributed by atoms with Crippen LogP contribution >= 0.6 is 11.8 Å². The number of hydrogen-bond donors (Lipinski definition) is 1. The van der Waals surface area contributed by atoms with Gasteiger partial charge in [-0.1, -0.05) is 242 Å². The van der Waals surface area contributed by atoms with Crippen LogP contribution in [0, 0.1) is 0 Å². The second-order valence-corrected chi connectivity index (χ2v) is 22.4. The standard InChI is InChI=1S/C75H47NOS/c1-3-22-48(23-4-1)73(49-24-5-2-6-25-49)56-29-10-7-26-50(56)52-43-42-47(44-64(52)73)54-45-65-55(51-27-8-11-30-57(51)74(65)59-32-13-17-38-68(59)77-69-39-18-14-33-60(69)74)46-67(54)76-66-37-21-36-63-72(66)53-28-9-12-31-58(53)75(63)61-34-15-19-40-70(61)78-71-41-20-16-35-62(71)75/h1-46,76H. The molecule has 12 aromatic rings. The molecule has 364 valence electrons. The monoisotopic (exact) mass is 1010 g/mol. The maximum Gasteiger partial charge on any atom is 0.132 e. The summed E-state index contributed by atoms with van der Waals surface area (Å²) in [6.45, 7) is 0. The lowest BCUT2D eigenvalue weighted by Crippen LogP contribution is -2.32. The molecule has 0 unspecified atom stereocenters. The average Bonchev–Trinajstić information content (AvgIpc) is 4.27. The molecule has 0 bridgehead atoms. The Hall–Kier alpha value is -9.41. The number of rotatable bonds is 5. The van der Waals surface area contributed by atoms with Crippen molar-refractivity contribution in [3.63, 3.8) is 0 Å². The smallest absolute Gasteiger partial charge is 0.132 e. The Kier molecular flexibility index (Phi) is 9.15. The molecule has 5 aliphatic rings. The van der Waals surface area contributed by atoms with Gasteiger partial charge in [-0.25, -0.2) is 0 Å². The molecule has 2 heterocycles. The molecule has 0 radical (unpaired) electrons. The van der Waals surface area contributed by atoms with Gasteiger partial charge in [0.05, 0.1) is 16.2 Å². The molecule has 12 aromatic carbocycles. The molecule has 0 amide bonds. The van der Waals surface area contributed by atoms with Crippen LogP contribution in [0.5, 0.6) is 11.5 Å². The minimum Gasteiger partial charge on any atom is -0.457 e. The number of nitrogens with one attached hydrogen (secondary N) is 1. The zero-order valence-electron chi connectivity index (χ0n) is 42.4. The Morgan fingerprint density at radius 1 is 0.269 bits per heavy atom. The van der Waals surface area contributed by atoms with Crippen LogP contribution in [0.25, 0.3) is 44.5 Å². The van der Waals surface area contributed by atoms with Crippen LogP contribution in [0.2, 0.25) is 0 Å². The minimum absolute atomic E-state index is 0.509. The van der Waals surface area contributed by atoms with E-state index in [9.17, 15) is 0 Å². The molecule has 0 aromatic heterocycles. The molecular formula is C75H47NOS. The first-order valence-corrected chi connectivity index (χ1v) is 27.9. The molecule has 3 aliphatic carbocycles. The fourth-order valence-electron chi connectivity index (χ4n) is 15.0. The zero-order valence-corrected chi connectivity index (χ0v) is 43.2. The van der Waals surface area contributed by atoms with Crippen LogP contribution in [0.3, 0.4) is 0 Å². The third kappa shape index (κ3) is 5.58. The van der Waals surface area contributed by atoms with Crippen molar-refractivity contribution in [3.05, 3.63) is 346 Å². The van der Waals surface area contributed by atoms with Gasteiger partial charge in [0.1, 0.15) is 11.5 Å². The first-order chi connectivity index (χ1) is 38.7. The van der Waals surface area contributed by atoms with E-state index in [2.05, 4.69) is 284 Å². The highest BCUT2D eigenvalue weighted by Crippen LogP contribution is 2.66. The molecule has 2 nitrogen and oxygen atoms in total. The van der Waals surface area contributed by atoms with E-state index in [4.69, 9.17) is 4.74 Å². The van der Waals surface area contributed by atoms with Crippen LogP contribution in [-0.2, 0) is 16.2 Å². The first-order valence-electron chi connectivity index (χ1n) is 27.1. The SMILES string of the molecule is c1ccc(C2(c3ccccc3)c3ccccc3-c3ccc(-c4cc5c(cc4Nc4cccc6c4-c4ccccc4C64c6ccccc6Sc6ccccc64)-c4ccccc4C54c5ccccc5Oc5ccccc54)cc32)cc1. The van der Waals surface area contributed by atoms with Crippen LogP contribution < -0.4 is 10.1 Å². The van der Waals surface area contributed by atoms with Gasteiger partial charge in [0, 0.05) is 43.4 Å². The minimum atomic E-state index is -0.658. The molecule has 0 fully saturated rings. The molecule has 78 heavy (non-hydrogen) atoms. The number of ether oxygens (including phenoxy) is 1. The third-order valence-corrected chi connectivity index (χ3v) is 19.0. The summed E-state index contributed by atoms with van der Waals surface area (Å²) in [6, 6.07) is 104. The number of fused-ring (bicyclic) bond motifs is 21. The van der Waals surface area contributed by atoms with Gasteiger partial charge in [-0.05, 0) is 138 Å². The lowest BCUT2D eigenvalue weighted by Gasteiger charge is -2.39. The van der Waals surface area contributed by atoms with Crippen LogP contribution in [-0.4, -0.2) is 0 Å². The molecule has 1 N–H and O–H groups in total. The van der Waals surface area contributed by atoms with Crippen LogP contribution in [0.4, 0.5) is 11.4 Å². The van der Waals surface area contributed by atoms with E-state index in [-0.39, 0.29) is 0 Å². The van der Waals surface area contributed by atoms with E-state index in [0.29, 0.717) is 0 Å². The Labute approximate surface area is 458 Å².